The van der Waals surface area contributed by atoms with Gasteiger partial charge in [-0.15, -0.1) is 0 Å². The van der Waals surface area contributed by atoms with E-state index >= 15 is 0 Å². The third-order valence-corrected chi connectivity index (χ3v) is 5.01. The maximum atomic E-state index is 11.3. The number of aryl methyl sites for hydroxylation is 2. The molecule has 0 aliphatic heterocycles. The minimum absolute atomic E-state index is 0.248. The van der Waals surface area contributed by atoms with Crippen LogP contribution >= 0.6 is 0 Å². The molecule has 1 aliphatic rings. The van der Waals surface area contributed by atoms with Crippen molar-refractivity contribution in [1.29, 1.82) is 0 Å². The van der Waals surface area contributed by atoms with Gasteiger partial charge in [-0.25, -0.2) is 0 Å². The fourth-order valence-electron chi connectivity index (χ4n) is 3.30. The van der Waals surface area contributed by atoms with Crippen LogP contribution in [0.2, 0.25) is 0 Å². The highest BCUT2D eigenvalue weighted by Crippen LogP contribution is 2.38. The first-order valence-corrected chi connectivity index (χ1v) is 7.84. The molecule has 0 amide bonds. The molecule has 0 spiro atoms. The summed E-state index contributed by atoms with van der Waals surface area (Å²) in [4.78, 5) is 11.3. The number of fused-ring (bicyclic) bond motifs is 1. The van der Waals surface area contributed by atoms with Gasteiger partial charge in [0.15, 0.2) is 0 Å². The molecule has 1 heterocycles. The third kappa shape index (κ3) is 2.75. The summed E-state index contributed by atoms with van der Waals surface area (Å²) in [6.45, 7) is 6.67. The van der Waals surface area contributed by atoms with Crippen LogP contribution in [0.1, 0.15) is 43.1 Å². The fraction of sp³-hybridized carbons (Fsp3) is 0.500. The van der Waals surface area contributed by atoms with E-state index in [0.29, 0.717) is 13.0 Å². The molecule has 118 valence electrons. The van der Waals surface area contributed by atoms with E-state index in [-0.39, 0.29) is 6.04 Å². The normalized spacial score (nSPS) is 25.0. The predicted molar refractivity (Wildman–Crippen MR) is 85.9 cm³/mol. The number of carbonyl (C=O) groups is 1. The summed E-state index contributed by atoms with van der Waals surface area (Å²) in [5, 5.41) is 13.8. The molecule has 2 N–H and O–H groups in total. The first kappa shape index (κ1) is 15.1. The molecule has 1 aliphatic carbocycles. The van der Waals surface area contributed by atoms with Crippen LogP contribution in [0.3, 0.4) is 0 Å². The molecule has 2 aromatic rings. The van der Waals surface area contributed by atoms with Crippen molar-refractivity contribution in [3.05, 3.63) is 35.1 Å². The van der Waals surface area contributed by atoms with Gasteiger partial charge in [-0.2, -0.15) is 0 Å². The fourth-order valence-corrected chi connectivity index (χ4v) is 3.30. The van der Waals surface area contributed by atoms with Gasteiger partial charge in [0.2, 0.25) is 0 Å². The van der Waals surface area contributed by atoms with Crippen LogP contribution in [0.5, 0.6) is 0 Å². The first-order valence-electron chi connectivity index (χ1n) is 7.84. The Morgan fingerprint density at radius 1 is 1.36 bits per heavy atom. The molecule has 0 bridgehead atoms. The molecule has 3 rings (SSSR count). The summed E-state index contributed by atoms with van der Waals surface area (Å²) >= 11 is 0. The maximum Gasteiger partial charge on any atom is 0.309 e. The second-order valence-electron chi connectivity index (χ2n) is 6.87. The monoisotopic (exact) mass is 301 g/mol. The van der Waals surface area contributed by atoms with Crippen LogP contribution in [0, 0.1) is 19.3 Å². The summed E-state index contributed by atoms with van der Waals surface area (Å²) in [6.07, 6.45) is 2.32. The molecule has 0 saturated heterocycles. The van der Waals surface area contributed by atoms with Crippen molar-refractivity contribution in [1.82, 2.24) is 5.32 Å². The highest BCUT2D eigenvalue weighted by atomic mass is 16.4. The van der Waals surface area contributed by atoms with Crippen LogP contribution in [0.15, 0.2) is 22.6 Å². The summed E-state index contributed by atoms with van der Waals surface area (Å²) in [6, 6.07) is 6.54. The quantitative estimate of drug-likeness (QED) is 0.902. The maximum absolute atomic E-state index is 11.3. The Morgan fingerprint density at radius 3 is 2.77 bits per heavy atom. The Kier molecular flexibility index (Phi) is 3.73. The second-order valence-corrected chi connectivity index (χ2v) is 6.87. The van der Waals surface area contributed by atoms with Gasteiger partial charge >= 0.3 is 5.97 Å². The number of carboxylic acids is 1. The molecule has 1 aromatic carbocycles. The Hall–Kier alpha value is -1.81. The lowest BCUT2D eigenvalue weighted by Gasteiger charge is -2.18. The van der Waals surface area contributed by atoms with E-state index in [1.807, 2.05) is 6.92 Å². The van der Waals surface area contributed by atoms with Crippen molar-refractivity contribution in [3.63, 3.8) is 0 Å². The molecule has 2 unspecified atom stereocenters. The summed E-state index contributed by atoms with van der Waals surface area (Å²) in [5.41, 5.74) is 2.83. The number of hydrogen-bond acceptors (Lipinski definition) is 3. The number of aliphatic carboxylic acids is 1. The molecule has 22 heavy (non-hydrogen) atoms. The smallest absolute Gasteiger partial charge is 0.309 e. The number of nitrogens with one attached hydrogen (secondary N) is 1. The van der Waals surface area contributed by atoms with Crippen LogP contribution in [-0.4, -0.2) is 17.1 Å². The Labute approximate surface area is 130 Å². The van der Waals surface area contributed by atoms with E-state index in [0.717, 1.165) is 29.6 Å². The number of hydrogen-bond donors (Lipinski definition) is 2. The van der Waals surface area contributed by atoms with Crippen molar-refractivity contribution < 1.29 is 14.3 Å². The molecule has 1 saturated carbocycles. The van der Waals surface area contributed by atoms with E-state index in [2.05, 4.69) is 37.4 Å². The third-order valence-electron chi connectivity index (χ3n) is 5.01. The van der Waals surface area contributed by atoms with Gasteiger partial charge < -0.3 is 14.8 Å². The van der Waals surface area contributed by atoms with Crippen molar-refractivity contribution in [2.45, 2.75) is 52.6 Å². The van der Waals surface area contributed by atoms with E-state index in [1.165, 1.54) is 11.1 Å². The average molecular weight is 301 g/mol. The Morgan fingerprint density at radius 2 is 2.09 bits per heavy atom. The number of benzene rings is 1. The Bertz CT molecular complexity index is 679. The van der Waals surface area contributed by atoms with Gasteiger partial charge in [-0.05, 0) is 69.4 Å². The minimum Gasteiger partial charge on any atom is -0.481 e. The molecule has 0 radical (unpaired) electrons. The zero-order chi connectivity index (χ0) is 15.9. The average Bonchev–Trinajstić information content (AvgIpc) is 3.01. The second kappa shape index (κ2) is 5.43. The number of furan rings is 1. The van der Waals surface area contributed by atoms with E-state index in [1.54, 1.807) is 0 Å². The largest absolute Gasteiger partial charge is 0.481 e. The summed E-state index contributed by atoms with van der Waals surface area (Å²) in [7, 11) is 0. The van der Waals surface area contributed by atoms with E-state index in [4.69, 9.17) is 4.42 Å². The van der Waals surface area contributed by atoms with Crippen molar-refractivity contribution >= 4 is 16.9 Å². The molecular formula is C18H23NO3. The van der Waals surface area contributed by atoms with Gasteiger partial charge in [-0.3, -0.25) is 4.79 Å². The molecular weight excluding hydrogens is 278 g/mol. The van der Waals surface area contributed by atoms with Gasteiger partial charge in [0.1, 0.15) is 11.3 Å². The molecule has 1 fully saturated rings. The number of rotatable bonds is 4. The first-order chi connectivity index (χ1) is 10.4. The topological polar surface area (TPSA) is 62.5 Å². The minimum atomic E-state index is -0.688. The van der Waals surface area contributed by atoms with Gasteiger partial charge in [0, 0.05) is 11.4 Å². The zero-order valence-electron chi connectivity index (χ0n) is 13.4. The summed E-state index contributed by atoms with van der Waals surface area (Å²) in [5.74, 6) is 0.218. The molecule has 1 aromatic heterocycles. The van der Waals surface area contributed by atoms with Crippen molar-refractivity contribution in [2.24, 2.45) is 5.41 Å². The van der Waals surface area contributed by atoms with Crippen LogP contribution in [0.25, 0.3) is 11.0 Å². The lowest BCUT2D eigenvalue weighted by Crippen LogP contribution is -2.30. The standard InChI is InChI=1S/C18H23NO3/c1-11-6-13-8-15(22-16(13)7-12(11)2)10-19-14-4-5-18(3,9-14)17(20)21/h6-8,14,19H,4-5,9-10H2,1-3H3,(H,20,21). The predicted octanol–water partition coefficient (Wildman–Crippen LogP) is 3.78. The van der Waals surface area contributed by atoms with Gasteiger partial charge in [0.25, 0.3) is 0 Å². The van der Waals surface area contributed by atoms with Crippen LogP contribution in [-0.2, 0) is 11.3 Å². The zero-order valence-corrected chi connectivity index (χ0v) is 13.4. The van der Waals surface area contributed by atoms with Gasteiger partial charge in [0.05, 0.1) is 12.0 Å². The summed E-state index contributed by atoms with van der Waals surface area (Å²) < 4.78 is 5.88. The van der Waals surface area contributed by atoms with E-state index in [9.17, 15) is 9.90 Å². The highest BCUT2D eigenvalue weighted by molar-refractivity contribution is 5.79. The Balaban J connectivity index is 1.66. The molecule has 2 atom stereocenters. The van der Waals surface area contributed by atoms with Crippen LogP contribution < -0.4 is 5.32 Å². The number of carboxylic acid groups (broad SMARTS) is 1. The molecule has 4 heteroatoms. The SMILES string of the molecule is Cc1cc2cc(CNC3CCC(C)(C(=O)O)C3)oc2cc1C. The van der Waals surface area contributed by atoms with Crippen molar-refractivity contribution in [2.75, 3.05) is 0 Å². The van der Waals surface area contributed by atoms with Crippen molar-refractivity contribution in [3.8, 4) is 0 Å². The van der Waals surface area contributed by atoms with Crippen LogP contribution in [0.4, 0.5) is 0 Å². The lowest BCUT2D eigenvalue weighted by atomic mass is 9.89. The lowest BCUT2D eigenvalue weighted by molar-refractivity contribution is -0.147. The van der Waals surface area contributed by atoms with Gasteiger partial charge in [-0.1, -0.05) is 0 Å². The van der Waals surface area contributed by atoms with E-state index < -0.39 is 11.4 Å². The highest BCUT2D eigenvalue weighted by Gasteiger charge is 2.41. The molecule has 4 nitrogen and oxygen atoms in total.